The van der Waals surface area contributed by atoms with Gasteiger partial charge in [-0.05, 0) is 24.1 Å². The Morgan fingerprint density at radius 1 is 1.19 bits per heavy atom. The van der Waals surface area contributed by atoms with Crippen LogP contribution in [0.3, 0.4) is 0 Å². The van der Waals surface area contributed by atoms with E-state index in [4.69, 9.17) is 9.47 Å². The van der Waals surface area contributed by atoms with E-state index in [9.17, 15) is 0 Å². The lowest BCUT2D eigenvalue weighted by molar-refractivity contribution is 0.354. The highest BCUT2D eigenvalue weighted by Crippen LogP contribution is 2.27. The maximum Gasteiger partial charge on any atom is 0.191 e. The van der Waals surface area contributed by atoms with Crippen LogP contribution < -0.4 is 20.1 Å². The quantitative estimate of drug-likeness (QED) is 0.338. The van der Waals surface area contributed by atoms with E-state index in [0.717, 1.165) is 47.4 Å². The van der Waals surface area contributed by atoms with Gasteiger partial charge in [0.15, 0.2) is 17.5 Å². The Bertz CT molecular complexity index is 706. The van der Waals surface area contributed by atoms with Gasteiger partial charge in [-0.15, -0.1) is 35.3 Å². The number of aliphatic imine (C=N–C) groups is 1. The minimum Gasteiger partial charge on any atom is -0.493 e. The van der Waals surface area contributed by atoms with E-state index in [0.29, 0.717) is 6.54 Å². The average molecular weight is 490 g/mol. The molecule has 8 heteroatoms. The lowest BCUT2D eigenvalue weighted by atomic mass is 10.2. The zero-order valence-electron chi connectivity index (χ0n) is 15.7. The van der Waals surface area contributed by atoms with Crippen LogP contribution in [0, 0.1) is 0 Å². The molecule has 0 aliphatic carbocycles. The van der Waals surface area contributed by atoms with Gasteiger partial charge in [0, 0.05) is 37.6 Å². The van der Waals surface area contributed by atoms with Crippen molar-refractivity contribution in [1.82, 2.24) is 15.6 Å². The van der Waals surface area contributed by atoms with Gasteiger partial charge in [-0.1, -0.05) is 13.0 Å². The van der Waals surface area contributed by atoms with Gasteiger partial charge in [0.2, 0.25) is 0 Å². The van der Waals surface area contributed by atoms with Crippen LogP contribution in [-0.2, 0) is 19.4 Å². The summed E-state index contributed by atoms with van der Waals surface area (Å²) < 4.78 is 10.6. The van der Waals surface area contributed by atoms with Gasteiger partial charge in [0.1, 0.15) is 0 Å². The number of methoxy groups -OCH3 is 2. The van der Waals surface area contributed by atoms with Crippen LogP contribution in [0.1, 0.15) is 22.4 Å². The number of hydrogen-bond acceptors (Lipinski definition) is 5. The third-order valence-electron chi connectivity index (χ3n) is 3.71. The van der Waals surface area contributed by atoms with Crippen molar-refractivity contribution in [3.63, 3.8) is 0 Å². The molecule has 0 bridgehead atoms. The van der Waals surface area contributed by atoms with Crippen LogP contribution >= 0.6 is 35.3 Å². The molecule has 2 rings (SSSR count). The van der Waals surface area contributed by atoms with Crippen molar-refractivity contribution < 1.29 is 9.47 Å². The van der Waals surface area contributed by atoms with Gasteiger partial charge >= 0.3 is 0 Å². The van der Waals surface area contributed by atoms with Crippen LogP contribution in [0.25, 0.3) is 0 Å². The van der Waals surface area contributed by atoms with Crippen LogP contribution in [0.5, 0.6) is 11.5 Å². The Balaban J connectivity index is 0.00000338. The first-order valence-corrected chi connectivity index (χ1v) is 9.10. The number of benzene rings is 1. The van der Waals surface area contributed by atoms with Crippen molar-refractivity contribution in [2.24, 2.45) is 4.99 Å². The minimum absolute atomic E-state index is 0. The fraction of sp³-hybridized carbons (Fsp3) is 0.444. The topological polar surface area (TPSA) is 67.8 Å². The molecule has 1 aromatic carbocycles. The summed E-state index contributed by atoms with van der Waals surface area (Å²) in [5.41, 5.74) is 1.09. The van der Waals surface area contributed by atoms with E-state index >= 15 is 0 Å². The highest BCUT2D eigenvalue weighted by molar-refractivity contribution is 14.0. The number of ether oxygens (including phenoxy) is 2. The number of nitrogens with one attached hydrogen (secondary N) is 2. The van der Waals surface area contributed by atoms with E-state index in [1.807, 2.05) is 24.4 Å². The Morgan fingerprint density at radius 3 is 2.58 bits per heavy atom. The van der Waals surface area contributed by atoms with Gasteiger partial charge in [0.25, 0.3) is 0 Å². The molecule has 6 nitrogen and oxygen atoms in total. The summed E-state index contributed by atoms with van der Waals surface area (Å²) in [5, 5.41) is 7.77. The standard InChI is InChI=1S/C18H26N4O2S.HI/c1-5-14-12-21-17(25-14)8-9-20-18(19-2)22-11-13-6-7-15(23-3)16(10-13)24-4;/h6-7,10,12H,5,8-9,11H2,1-4H3,(H2,19,20,22);1H. The number of nitrogens with zero attached hydrogens (tertiary/aromatic N) is 2. The number of guanidine groups is 1. The van der Waals surface area contributed by atoms with Crippen LogP contribution in [-0.4, -0.2) is 38.8 Å². The Morgan fingerprint density at radius 2 is 1.96 bits per heavy atom. The first-order valence-electron chi connectivity index (χ1n) is 8.29. The summed E-state index contributed by atoms with van der Waals surface area (Å²) in [5.74, 6) is 2.21. The molecule has 0 saturated carbocycles. The third-order valence-corrected chi connectivity index (χ3v) is 4.91. The molecule has 0 fully saturated rings. The molecule has 0 radical (unpaired) electrons. The molecule has 0 aliphatic rings. The zero-order valence-corrected chi connectivity index (χ0v) is 18.8. The van der Waals surface area contributed by atoms with Crippen molar-refractivity contribution in [2.75, 3.05) is 27.8 Å². The summed E-state index contributed by atoms with van der Waals surface area (Å²) >= 11 is 1.77. The molecule has 0 aliphatic heterocycles. The van der Waals surface area contributed by atoms with Gasteiger partial charge in [-0.25, -0.2) is 4.98 Å². The maximum atomic E-state index is 5.33. The second-order valence-electron chi connectivity index (χ2n) is 5.37. The number of thiazole rings is 1. The second kappa shape index (κ2) is 11.9. The normalized spacial score (nSPS) is 10.8. The second-order valence-corrected chi connectivity index (χ2v) is 6.57. The van der Waals surface area contributed by atoms with Crippen molar-refractivity contribution in [3.05, 3.63) is 39.8 Å². The van der Waals surface area contributed by atoms with Crippen molar-refractivity contribution in [2.45, 2.75) is 26.3 Å². The van der Waals surface area contributed by atoms with Gasteiger partial charge < -0.3 is 20.1 Å². The van der Waals surface area contributed by atoms with Crippen molar-refractivity contribution in [1.29, 1.82) is 0 Å². The predicted octanol–water partition coefficient (Wildman–Crippen LogP) is 3.25. The number of halogens is 1. The molecule has 0 spiro atoms. The monoisotopic (exact) mass is 490 g/mol. The van der Waals surface area contributed by atoms with Crippen LogP contribution in [0.2, 0.25) is 0 Å². The maximum absolute atomic E-state index is 5.33. The Kier molecular flexibility index (Phi) is 10.3. The summed E-state index contributed by atoms with van der Waals surface area (Å²) in [6.45, 7) is 3.59. The summed E-state index contributed by atoms with van der Waals surface area (Å²) in [6, 6.07) is 5.87. The van der Waals surface area contributed by atoms with Crippen molar-refractivity contribution >= 4 is 41.3 Å². The highest BCUT2D eigenvalue weighted by Gasteiger charge is 2.06. The van der Waals surface area contributed by atoms with E-state index in [1.54, 1.807) is 32.6 Å². The summed E-state index contributed by atoms with van der Waals surface area (Å²) in [7, 11) is 5.04. The van der Waals surface area contributed by atoms with Gasteiger partial charge in [-0.2, -0.15) is 0 Å². The van der Waals surface area contributed by atoms with E-state index in [1.165, 1.54) is 4.88 Å². The van der Waals surface area contributed by atoms with Gasteiger partial charge in [-0.3, -0.25) is 4.99 Å². The zero-order chi connectivity index (χ0) is 18.1. The van der Waals surface area contributed by atoms with Crippen molar-refractivity contribution in [3.8, 4) is 11.5 Å². The number of aryl methyl sites for hydroxylation is 1. The Hall–Kier alpha value is -1.55. The lowest BCUT2D eigenvalue weighted by Crippen LogP contribution is -2.37. The molecular formula is C18H27IN4O2S. The molecule has 2 N–H and O–H groups in total. The number of hydrogen-bond donors (Lipinski definition) is 2. The fourth-order valence-corrected chi connectivity index (χ4v) is 3.17. The first kappa shape index (κ1) is 22.5. The summed E-state index contributed by atoms with van der Waals surface area (Å²) in [6.07, 6.45) is 3.89. The third kappa shape index (κ3) is 6.64. The lowest BCUT2D eigenvalue weighted by Gasteiger charge is -2.13. The first-order chi connectivity index (χ1) is 12.2. The smallest absolute Gasteiger partial charge is 0.191 e. The number of rotatable bonds is 8. The Labute approximate surface area is 176 Å². The molecule has 1 aromatic heterocycles. The molecular weight excluding hydrogens is 463 g/mol. The molecule has 1 heterocycles. The molecule has 0 unspecified atom stereocenters. The molecule has 26 heavy (non-hydrogen) atoms. The SMILES string of the molecule is CCc1cnc(CCNC(=NC)NCc2ccc(OC)c(OC)c2)s1.I. The molecule has 144 valence electrons. The fourth-order valence-electron chi connectivity index (χ4n) is 2.31. The average Bonchev–Trinajstić information content (AvgIpc) is 3.12. The van der Waals surface area contributed by atoms with Crippen LogP contribution in [0.15, 0.2) is 29.4 Å². The molecule has 2 aromatic rings. The van der Waals surface area contributed by atoms with E-state index < -0.39 is 0 Å². The predicted molar refractivity (Wildman–Crippen MR) is 118 cm³/mol. The largest absolute Gasteiger partial charge is 0.493 e. The number of aromatic nitrogens is 1. The van der Waals surface area contributed by atoms with E-state index in [-0.39, 0.29) is 24.0 Å². The molecule has 0 saturated heterocycles. The van der Waals surface area contributed by atoms with E-state index in [2.05, 4.69) is 27.5 Å². The highest BCUT2D eigenvalue weighted by atomic mass is 127. The van der Waals surface area contributed by atoms with Crippen LogP contribution in [0.4, 0.5) is 0 Å². The molecule has 0 amide bonds. The minimum atomic E-state index is 0. The molecule has 0 atom stereocenters. The van der Waals surface area contributed by atoms with Gasteiger partial charge in [0.05, 0.1) is 19.2 Å². The summed E-state index contributed by atoms with van der Waals surface area (Å²) in [4.78, 5) is 10.0.